The zero-order valence-electron chi connectivity index (χ0n) is 16.2. The van der Waals surface area contributed by atoms with Gasteiger partial charge in [-0.05, 0) is 17.4 Å². The van der Waals surface area contributed by atoms with E-state index in [1.165, 1.54) is 13.8 Å². The van der Waals surface area contributed by atoms with Crippen LogP contribution in [-0.4, -0.2) is 36.0 Å². The smallest absolute Gasteiger partial charge is 0.445 e. The first-order valence-electron chi connectivity index (χ1n) is 8.82. The molecule has 0 aromatic heterocycles. The van der Waals surface area contributed by atoms with Crippen molar-refractivity contribution in [2.75, 3.05) is 0 Å². The molecule has 0 unspecified atom stereocenters. The predicted octanol–water partition coefficient (Wildman–Crippen LogP) is 3.21. The number of carbonyl (C=O) groups excluding carboxylic acids is 3. The minimum Gasteiger partial charge on any atom is -0.445 e. The van der Waals surface area contributed by atoms with Gasteiger partial charge in [-0.25, -0.2) is 4.79 Å². The molecular formula is C19H25F3N2O4. The SMILES string of the molecule is CC(C)[C@H](NC(=O)OCc1ccccc1)C(=O)N[C@H](C(=O)C(F)(F)F)C(C)C. The molecule has 2 atom stereocenters. The van der Waals surface area contributed by atoms with Gasteiger partial charge in [-0.1, -0.05) is 58.0 Å². The first-order valence-corrected chi connectivity index (χ1v) is 8.82. The summed E-state index contributed by atoms with van der Waals surface area (Å²) in [4.78, 5) is 36.0. The average Bonchev–Trinajstić information content (AvgIpc) is 2.61. The van der Waals surface area contributed by atoms with Crippen molar-refractivity contribution in [3.05, 3.63) is 35.9 Å². The van der Waals surface area contributed by atoms with E-state index in [0.29, 0.717) is 0 Å². The summed E-state index contributed by atoms with van der Waals surface area (Å²) in [5.41, 5.74) is 0.735. The topological polar surface area (TPSA) is 84.5 Å². The number of nitrogens with one attached hydrogen (secondary N) is 2. The van der Waals surface area contributed by atoms with Gasteiger partial charge in [-0.15, -0.1) is 0 Å². The number of amides is 2. The minimum absolute atomic E-state index is 0.0275. The van der Waals surface area contributed by atoms with E-state index in [1.807, 2.05) is 0 Å². The summed E-state index contributed by atoms with van der Waals surface area (Å²) in [6.45, 7) is 5.97. The molecule has 6 nitrogen and oxygen atoms in total. The maximum atomic E-state index is 12.8. The third kappa shape index (κ3) is 7.21. The fourth-order valence-electron chi connectivity index (χ4n) is 2.38. The molecule has 0 heterocycles. The van der Waals surface area contributed by atoms with Crippen LogP contribution in [0.3, 0.4) is 0 Å². The third-order valence-electron chi connectivity index (χ3n) is 3.96. The zero-order valence-corrected chi connectivity index (χ0v) is 16.2. The Morgan fingerprint density at radius 2 is 1.46 bits per heavy atom. The molecule has 0 bridgehead atoms. The second-order valence-corrected chi connectivity index (χ2v) is 7.02. The van der Waals surface area contributed by atoms with E-state index in [4.69, 9.17) is 4.74 Å². The molecule has 0 spiro atoms. The number of hydrogen-bond donors (Lipinski definition) is 2. The largest absolute Gasteiger partial charge is 0.452 e. The van der Waals surface area contributed by atoms with Crippen molar-refractivity contribution in [3.63, 3.8) is 0 Å². The van der Waals surface area contributed by atoms with Crippen LogP contribution in [0.15, 0.2) is 30.3 Å². The molecule has 0 aliphatic carbocycles. The predicted molar refractivity (Wildman–Crippen MR) is 96.2 cm³/mol. The highest BCUT2D eigenvalue weighted by molar-refractivity contribution is 5.94. The lowest BCUT2D eigenvalue weighted by atomic mass is 9.97. The first-order chi connectivity index (χ1) is 12.9. The molecular weight excluding hydrogens is 377 g/mol. The number of carbonyl (C=O) groups is 3. The average molecular weight is 402 g/mol. The lowest BCUT2D eigenvalue weighted by Crippen LogP contribution is -2.56. The number of ketones is 1. The van der Waals surface area contributed by atoms with Crippen LogP contribution in [0.4, 0.5) is 18.0 Å². The molecule has 2 N–H and O–H groups in total. The number of alkyl carbamates (subject to hydrolysis) is 1. The first kappa shape index (κ1) is 23.5. The third-order valence-corrected chi connectivity index (χ3v) is 3.96. The van der Waals surface area contributed by atoms with Crippen LogP contribution >= 0.6 is 0 Å². The number of halogens is 3. The summed E-state index contributed by atoms with van der Waals surface area (Å²) in [5.74, 6) is -4.15. The van der Waals surface area contributed by atoms with Gasteiger partial charge in [0.05, 0.1) is 6.04 Å². The highest BCUT2D eigenvalue weighted by atomic mass is 19.4. The molecule has 0 fully saturated rings. The van der Waals surface area contributed by atoms with Gasteiger partial charge < -0.3 is 15.4 Å². The van der Waals surface area contributed by atoms with Gasteiger partial charge in [0.1, 0.15) is 12.6 Å². The monoisotopic (exact) mass is 402 g/mol. The van der Waals surface area contributed by atoms with Crippen LogP contribution in [-0.2, 0) is 20.9 Å². The Bertz CT molecular complexity index is 676. The second kappa shape index (κ2) is 10.1. The maximum Gasteiger partial charge on any atom is 0.452 e. The molecule has 0 saturated carbocycles. The van der Waals surface area contributed by atoms with Gasteiger partial charge >= 0.3 is 12.3 Å². The van der Waals surface area contributed by atoms with Gasteiger partial charge in [0, 0.05) is 0 Å². The van der Waals surface area contributed by atoms with Crippen molar-refractivity contribution in [3.8, 4) is 0 Å². The van der Waals surface area contributed by atoms with E-state index in [2.05, 4.69) is 10.6 Å². The molecule has 1 aromatic rings. The molecule has 0 aliphatic rings. The highest BCUT2D eigenvalue weighted by Gasteiger charge is 2.45. The van der Waals surface area contributed by atoms with Crippen LogP contribution in [0, 0.1) is 11.8 Å². The Kier molecular flexibility index (Phi) is 8.46. The molecule has 0 saturated heterocycles. The summed E-state index contributed by atoms with van der Waals surface area (Å²) in [7, 11) is 0. The van der Waals surface area contributed by atoms with Crippen LogP contribution in [0.5, 0.6) is 0 Å². The lowest BCUT2D eigenvalue weighted by molar-refractivity contribution is -0.175. The summed E-state index contributed by atoms with van der Waals surface area (Å²) < 4.78 is 43.3. The van der Waals surface area contributed by atoms with Gasteiger partial charge in [-0.2, -0.15) is 13.2 Å². The second-order valence-electron chi connectivity index (χ2n) is 7.02. The number of alkyl halides is 3. The maximum absolute atomic E-state index is 12.8. The van der Waals surface area contributed by atoms with Crippen molar-refractivity contribution in [1.29, 1.82) is 0 Å². The lowest BCUT2D eigenvalue weighted by Gasteiger charge is -2.27. The van der Waals surface area contributed by atoms with Gasteiger partial charge in [0.25, 0.3) is 5.78 Å². The fraction of sp³-hybridized carbons (Fsp3) is 0.526. The number of hydrogen-bond acceptors (Lipinski definition) is 4. The number of benzene rings is 1. The Labute approximate surface area is 161 Å². The van der Waals surface area contributed by atoms with E-state index in [0.717, 1.165) is 5.56 Å². The Balaban J connectivity index is 2.76. The van der Waals surface area contributed by atoms with Crippen LogP contribution in [0.25, 0.3) is 0 Å². The number of rotatable bonds is 8. The van der Waals surface area contributed by atoms with Crippen molar-refractivity contribution >= 4 is 17.8 Å². The van der Waals surface area contributed by atoms with E-state index >= 15 is 0 Å². The summed E-state index contributed by atoms with van der Waals surface area (Å²) in [5, 5.41) is 4.45. The number of Topliss-reactive ketones (excluding diaryl/α,β-unsaturated/α-hetero) is 1. The fourth-order valence-corrected chi connectivity index (χ4v) is 2.38. The molecule has 156 valence electrons. The molecule has 0 radical (unpaired) electrons. The van der Waals surface area contributed by atoms with E-state index in [-0.39, 0.29) is 6.61 Å². The van der Waals surface area contributed by atoms with Gasteiger partial charge in [-0.3, -0.25) is 9.59 Å². The Morgan fingerprint density at radius 3 is 1.93 bits per heavy atom. The van der Waals surface area contributed by atoms with Crippen LogP contribution in [0.2, 0.25) is 0 Å². The van der Waals surface area contributed by atoms with Crippen molar-refractivity contribution in [1.82, 2.24) is 10.6 Å². The molecule has 28 heavy (non-hydrogen) atoms. The normalized spacial score (nSPS) is 13.8. The van der Waals surface area contributed by atoms with Crippen molar-refractivity contribution < 1.29 is 32.3 Å². The van der Waals surface area contributed by atoms with E-state index < -0.39 is 47.9 Å². The van der Waals surface area contributed by atoms with Crippen LogP contribution < -0.4 is 10.6 Å². The standard InChI is InChI=1S/C19H25F3N2O4/c1-11(2)14(16(25)19(20,21)22)23-17(26)15(12(3)4)24-18(27)28-10-13-8-6-5-7-9-13/h5-9,11-12,14-15H,10H2,1-4H3,(H,23,26)(H,24,27)/t14-,15-/m0/s1. The molecule has 9 heteroatoms. The summed E-state index contributed by atoms with van der Waals surface area (Å²) in [6.07, 6.45) is -5.96. The van der Waals surface area contributed by atoms with Crippen LogP contribution in [0.1, 0.15) is 33.3 Å². The van der Waals surface area contributed by atoms with E-state index in [9.17, 15) is 27.6 Å². The van der Waals surface area contributed by atoms with Crippen molar-refractivity contribution in [2.45, 2.75) is 52.6 Å². The van der Waals surface area contributed by atoms with E-state index in [1.54, 1.807) is 44.2 Å². The summed E-state index contributed by atoms with van der Waals surface area (Å²) in [6, 6.07) is 5.93. The number of ether oxygens (including phenoxy) is 1. The summed E-state index contributed by atoms with van der Waals surface area (Å²) >= 11 is 0. The molecule has 0 aliphatic heterocycles. The van der Waals surface area contributed by atoms with Crippen molar-refractivity contribution in [2.24, 2.45) is 11.8 Å². The Hall–Kier alpha value is -2.58. The quantitative estimate of drug-likeness (QED) is 0.699. The Morgan fingerprint density at radius 1 is 0.929 bits per heavy atom. The molecule has 1 aromatic carbocycles. The highest BCUT2D eigenvalue weighted by Crippen LogP contribution is 2.21. The van der Waals surface area contributed by atoms with Gasteiger partial charge in [0.15, 0.2) is 0 Å². The minimum atomic E-state index is -5.07. The molecule has 1 rings (SSSR count). The molecule has 2 amide bonds. The zero-order chi connectivity index (χ0) is 21.5. The van der Waals surface area contributed by atoms with Gasteiger partial charge in [0.2, 0.25) is 5.91 Å².